The fraction of sp³-hybridized carbons (Fsp3) is 0.300. The molecular weight excluding hydrogens is 378 g/mol. The van der Waals surface area contributed by atoms with E-state index in [0.29, 0.717) is 38.5 Å². The molecule has 4 rings (SSSR count). The second kappa shape index (κ2) is 8.04. The molecule has 1 aliphatic rings. The van der Waals surface area contributed by atoms with Crippen LogP contribution < -0.4 is 0 Å². The average molecular weight is 398 g/mol. The lowest BCUT2D eigenvalue weighted by Crippen LogP contribution is -2.48. The Balaban J connectivity index is 1.41. The summed E-state index contributed by atoms with van der Waals surface area (Å²) >= 11 is 0. The van der Waals surface area contributed by atoms with Gasteiger partial charge in [-0.1, -0.05) is 23.8 Å². The van der Waals surface area contributed by atoms with Crippen LogP contribution in [0.25, 0.3) is 5.69 Å². The number of hydrogen-bond acceptors (Lipinski definition) is 5. The molecule has 0 N–H and O–H groups in total. The van der Waals surface area contributed by atoms with Gasteiger partial charge in [0, 0.05) is 26.2 Å². The van der Waals surface area contributed by atoms with Crippen LogP contribution in [0, 0.1) is 18.6 Å². The van der Waals surface area contributed by atoms with Crippen molar-refractivity contribution in [2.24, 2.45) is 0 Å². The highest BCUT2D eigenvalue weighted by Gasteiger charge is 2.27. The molecule has 0 aliphatic carbocycles. The molecule has 0 radical (unpaired) electrons. The van der Waals surface area contributed by atoms with Gasteiger partial charge in [-0.15, -0.1) is 5.10 Å². The molecule has 1 saturated heterocycles. The molecule has 3 aromatic rings. The van der Waals surface area contributed by atoms with E-state index in [9.17, 15) is 13.6 Å². The lowest BCUT2D eigenvalue weighted by Gasteiger charge is -2.34. The molecule has 0 saturated carbocycles. The van der Waals surface area contributed by atoms with Crippen molar-refractivity contribution in [1.29, 1.82) is 0 Å². The van der Waals surface area contributed by atoms with Crippen molar-refractivity contribution >= 4 is 5.91 Å². The lowest BCUT2D eigenvalue weighted by molar-refractivity contribution is 0.0615. The molecule has 2 heterocycles. The highest BCUT2D eigenvalue weighted by Crippen LogP contribution is 2.17. The number of carbonyl (C=O) groups excluding carboxylic acids is 1. The molecule has 7 nitrogen and oxygen atoms in total. The Morgan fingerprint density at radius 2 is 1.66 bits per heavy atom. The summed E-state index contributed by atoms with van der Waals surface area (Å²) in [6, 6.07) is 11.3. The largest absolute Gasteiger partial charge is 0.336 e. The minimum atomic E-state index is -0.838. The lowest BCUT2D eigenvalue weighted by atomic mass is 10.1. The Labute approximate surface area is 166 Å². The molecule has 1 fully saturated rings. The smallest absolute Gasteiger partial charge is 0.259 e. The summed E-state index contributed by atoms with van der Waals surface area (Å²) in [6.45, 7) is 4.39. The van der Waals surface area contributed by atoms with Gasteiger partial charge < -0.3 is 4.90 Å². The van der Waals surface area contributed by atoms with E-state index < -0.39 is 23.1 Å². The van der Waals surface area contributed by atoms with E-state index in [2.05, 4.69) is 20.4 Å². The molecule has 1 aromatic heterocycles. The number of aryl methyl sites for hydroxylation is 1. The van der Waals surface area contributed by atoms with Crippen molar-refractivity contribution in [2.45, 2.75) is 13.5 Å². The van der Waals surface area contributed by atoms with E-state index in [-0.39, 0.29) is 0 Å². The molecule has 29 heavy (non-hydrogen) atoms. The van der Waals surface area contributed by atoms with Crippen LogP contribution in [0.15, 0.2) is 42.5 Å². The fourth-order valence-electron chi connectivity index (χ4n) is 3.36. The van der Waals surface area contributed by atoms with E-state index >= 15 is 0 Å². The third-order valence-electron chi connectivity index (χ3n) is 5.01. The van der Waals surface area contributed by atoms with E-state index in [1.807, 2.05) is 31.2 Å². The third kappa shape index (κ3) is 4.00. The summed E-state index contributed by atoms with van der Waals surface area (Å²) < 4.78 is 29.5. The minimum absolute atomic E-state index is 0.374. The van der Waals surface area contributed by atoms with Crippen molar-refractivity contribution in [2.75, 3.05) is 26.2 Å². The number of aromatic nitrogens is 4. The zero-order valence-electron chi connectivity index (χ0n) is 15.9. The average Bonchev–Trinajstić information content (AvgIpc) is 3.17. The van der Waals surface area contributed by atoms with Crippen molar-refractivity contribution < 1.29 is 13.6 Å². The van der Waals surface area contributed by atoms with Gasteiger partial charge in [0.1, 0.15) is 17.2 Å². The van der Waals surface area contributed by atoms with E-state index in [1.54, 1.807) is 4.68 Å². The van der Waals surface area contributed by atoms with Crippen LogP contribution >= 0.6 is 0 Å². The summed E-state index contributed by atoms with van der Waals surface area (Å²) in [6.07, 6.45) is 0. The van der Waals surface area contributed by atoms with Crippen molar-refractivity contribution in [3.63, 3.8) is 0 Å². The molecule has 150 valence electrons. The van der Waals surface area contributed by atoms with Gasteiger partial charge in [-0.05, 0) is 41.6 Å². The standard InChI is InChI=1S/C20H20F2N6O/c1-14-5-7-15(8-6-14)28-18(23-24-25-28)13-26-9-11-27(12-10-26)20(29)19-16(21)3-2-4-17(19)22/h2-8H,9-13H2,1H3. The number of piperazine rings is 1. The van der Waals surface area contributed by atoms with E-state index in [0.717, 1.165) is 23.4 Å². The highest BCUT2D eigenvalue weighted by molar-refractivity contribution is 5.94. The molecule has 1 aliphatic heterocycles. The van der Waals surface area contributed by atoms with Gasteiger partial charge in [0.2, 0.25) is 0 Å². The second-order valence-corrected chi connectivity index (χ2v) is 7.01. The number of benzene rings is 2. The van der Waals surface area contributed by atoms with Crippen molar-refractivity contribution in [1.82, 2.24) is 30.0 Å². The Hall–Kier alpha value is -3.20. The topological polar surface area (TPSA) is 67.2 Å². The first kappa shape index (κ1) is 19.1. The minimum Gasteiger partial charge on any atom is -0.336 e. The van der Waals surface area contributed by atoms with Gasteiger partial charge in [-0.3, -0.25) is 9.69 Å². The number of halogens is 2. The fourth-order valence-corrected chi connectivity index (χ4v) is 3.36. The van der Waals surface area contributed by atoms with E-state index in [1.165, 1.54) is 11.0 Å². The van der Waals surface area contributed by atoms with Crippen LogP contribution in [0.4, 0.5) is 8.78 Å². The van der Waals surface area contributed by atoms with Gasteiger partial charge in [0.25, 0.3) is 5.91 Å². The number of amides is 1. The molecule has 0 bridgehead atoms. The Morgan fingerprint density at radius 3 is 2.31 bits per heavy atom. The zero-order chi connectivity index (χ0) is 20.4. The summed E-state index contributed by atoms with van der Waals surface area (Å²) in [5.41, 5.74) is 1.53. The first-order valence-corrected chi connectivity index (χ1v) is 9.33. The first-order valence-electron chi connectivity index (χ1n) is 9.33. The quantitative estimate of drug-likeness (QED) is 0.674. The van der Waals surface area contributed by atoms with Gasteiger partial charge >= 0.3 is 0 Å². The van der Waals surface area contributed by atoms with Crippen LogP contribution in [-0.2, 0) is 6.54 Å². The molecule has 9 heteroatoms. The van der Waals surface area contributed by atoms with Gasteiger partial charge in [-0.25, -0.2) is 8.78 Å². The Kier molecular flexibility index (Phi) is 5.30. The maximum atomic E-state index is 13.9. The van der Waals surface area contributed by atoms with Crippen LogP contribution in [0.2, 0.25) is 0 Å². The van der Waals surface area contributed by atoms with Gasteiger partial charge in [-0.2, -0.15) is 4.68 Å². The van der Waals surface area contributed by atoms with Crippen LogP contribution in [0.3, 0.4) is 0 Å². The summed E-state index contributed by atoms with van der Waals surface area (Å²) in [5, 5.41) is 12.0. The van der Waals surface area contributed by atoms with E-state index in [4.69, 9.17) is 0 Å². The zero-order valence-corrected chi connectivity index (χ0v) is 15.9. The number of tetrazole rings is 1. The Bertz CT molecular complexity index is 992. The summed E-state index contributed by atoms with van der Waals surface area (Å²) in [4.78, 5) is 16.1. The molecule has 0 unspecified atom stereocenters. The second-order valence-electron chi connectivity index (χ2n) is 7.01. The number of hydrogen-bond donors (Lipinski definition) is 0. The maximum Gasteiger partial charge on any atom is 0.259 e. The summed E-state index contributed by atoms with van der Waals surface area (Å²) in [7, 11) is 0. The van der Waals surface area contributed by atoms with Crippen LogP contribution in [0.1, 0.15) is 21.7 Å². The third-order valence-corrected chi connectivity index (χ3v) is 5.01. The van der Waals surface area contributed by atoms with Crippen molar-refractivity contribution in [3.8, 4) is 5.69 Å². The SMILES string of the molecule is Cc1ccc(-n2nnnc2CN2CCN(C(=O)c3c(F)cccc3F)CC2)cc1. The molecule has 0 atom stereocenters. The van der Waals surface area contributed by atoms with Crippen LogP contribution in [0.5, 0.6) is 0 Å². The monoisotopic (exact) mass is 398 g/mol. The number of rotatable bonds is 4. The molecule has 2 aromatic carbocycles. The summed E-state index contributed by atoms with van der Waals surface area (Å²) in [5.74, 6) is -1.61. The maximum absolute atomic E-state index is 13.9. The molecular formula is C20H20F2N6O. The number of nitrogens with zero attached hydrogens (tertiary/aromatic N) is 6. The predicted molar refractivity (Wildman–Crippen MR) is 101 cm³/mol. The number of carbonyl (C=O) groups is 1. The first-order chi connectivity index (χ1) is 14.0. The molecule has 1 amide bonds. The highest BCUT2D eigenvalue weighted by atomic mass is 19.1. The Morgan fingerprint density at radius 1 is 1.00 bits per heavy atom. The van der Waals surface area contributed by atoms with Gasteiger partial charge in [0.05, 0.1) is 12.2 Å². The molecule has 0 spiro atoms. The predicted octanol–water partition coefficient (Wildman–Crippen LogP) is 2.21. The van der Waals surface area contributed by atoms with Crippen molar-refractivity contribution in [3.05, 3.63) is 71.1 Å². The normalized spacial score (nSPS) is 14.9. The van der Waals surface area contributed by atoms with Gasteiger partial charge in [0.15, 0.2) is 5.82 Å². The van der Waals surface area contributed by atoms with Crippen LogP contribution in [-0.4, -0.2) is 62.1 Å².